The second kappa shape index (κ2) is 5.46. The Kier molecular flexibility index (Phi) is 3.73. The smallest absolute Gasteiger partial charge is 0.293 e. The highest BCUT2D eigenvalue weighted by atomic mass is 32.1. The highest BCUT2D eigenvalue weighted by molar-refractivity contribution is 7.13. The third kappa shape index (κ3) is 3.17. The van der Waals surface area contributed by atoms with Crippen LogP contribution in [-0.2, 0) is 11.2 Å². The Morgan fingerprint density at radius 2 is 2.33 bits per heavy atom. The van der Waals surface area contributed by atoms with Crippen molar-refractivity contribution in [1.82, 2.24) is 4.98 Å². The Morgan fingerprint density at radius 1 is 1.50 bits per heavy atom. The number of nitrogens with zero attached hydrogens (tertiary/aromatic N) is 1. The Labute approximate surface area is 107 Å². The minimum atomic E-state index is -0.371. The van der Waals surface area contributed by atoms with Gasteiger partial charge in [-0.2, -0.15) is 0 Å². The van der Waals surface area contributed by atoms with E-state index >= 15 is 0 Å². The lowest BCUT2D eigenvalue weighted by Gasteiger charge is -1.97. The molecule has 2 rings (SSSR count). The molecule has 0 saturated carbocycles. The average Bonchev–Trinajstić information content (AvgIpc) is 2.97. The summed E-state index contributed by atoms with van der Waals surface area (Å²) in [5.74, 6) is -0.496. The number of primary amides is 1. The number of rotatable bonds is 5. The van der Waals surface area contributed by atoms with Crippen molar-refractivity contribution in [2.45, 2.75) is 12.8 Å². The van der Waals surface area contributed by atoms with E-state index in [9.17, 15) is 9.59 Å². The second-order valence-corrected chi connectivity index (χ2v) is 4.40. The molecule has 6 nitrogen and oxygen atoms in total. The van der Waals surface area contributed by atoms with E-state index in [1.54, 1.807) is 17.5 Å². The molecule has 2 aromatic rings. The Bertz CT molecular complexity index is 548. The molecule has 0 atom stereocenters. The molecule has 0 saturated heterocycles. The van der Waals surface area contributed by atoms with Gasteiger partial charge < -0.3 is 10.2 Å². The van der Waals surface area contributed by atoms with Crippen molar-refractivity contribution in [3.05, 3.63) is 35.2 Å². The van der Waals surface area contributed by atoms with Gasteiger partial charge in [-0.05, 0) is 18.6 Å². The molecule has 7 heteroatoms. The lowest BCUT2D eigenvalue weighted by Crippen LogP contribution is -2.12. The van der Waals surface area contributed by atoms with Crippen LogP contribution in [0, 0.1) is 0 Å². The van der Waals surface area contributed by atoms with Gasteiger partial charge in [-0.1, -0.05) is 0 Å². The highest BCUT2D eigenvalue weighted by Gasteiger charge is 2.11. The van der Waals surface area contributed by atoms with E-state index in [0.29, 0.717) is 11.6 Å². The van der Waals surface area contributed by atoms with Crippen molar-refractivity contribution in [3.8, 4) is 0 Å². The number of furan rings is 1. The van der Waals surface area contributed by atoms with Gasteiger partial charge in [-0.15, -0.1) is 11.3 Å². The molecule has 0 aliphatic carbocycles. The Balaban J connectivity index is 1.94. The summed E-state index contributed by atoms with van der Waals surface area (Å²) in [6, 6.07) is 3.20. The number of carbonyl (C=O) groups is 2. The number of carbonyl (C=O) groups excluding carboxylic acids is 2. The topological polar surface area (TPSA) is 98.2 Å². The van der Waals surface area contributed by atoms with Gasteiger partial charge >= 0.3 is 0 Å². The molecule has 94 valence electrons. The summed E-state index contributed by atoms with van der Waals surface area (Å²) < 4.78 is 4.96. The first-order chi connectivity index (χ1) is 8.65. The molecule has 18 heavy (non-hydrogen) atoms. The summed E-state index contributed by atoms with van der Waals surface area (Å²) in [4.78, 5) is 26.4. The van der Waals surface area contributed by atoms with Crippen LogP contribution in [0.25, 0.3) is 0 Å². The van der Waals surface area contributed by atoms with E-state index in [1.165, 1.54) is 17.6 Å². The van der Waals surface area contributed by atoms with E-state index < -0.39 is 0 Å². The number of aromatic nitrogens is 1. The first-order valence-electron chi connectivity index (χ1n) is 5.22. The van der Waals surface area contributed by atoms with Crippen molar-refractivity contribution in [3.63, 3.8) is 0 Å². The maximum absolute atomic E-state index is 11.6. The van der Waals surface area contributed by atoms with Gasteiger partial charge in [0.05, 0.1) is 12.0 Å². The zero-order chi connectivity index (χ0) is 13.0. The van der Waals surface area contributed by atoms with Crippen molar-refractivity contribution in [1.29, 1.82) is 0 Å². The number of thiazole rings is 1. The molecular formula is C11H11N3O3S. The fourth-order valence-electron chi connectivity index (χ4n) is 1.30. The molecule has 2 aromatic heterocycles. The van der Waals surface area contributed by atoms with Gasteiger partial charge in [-0.3, -0.25) is 14.9 Å². The number of hydrogen-bond acceptors (Lipinski definition) is 5. The number of hydrogen-bond donors (Lipinski definition) is 2. The predicted octanol–water partition coefficient (Wildman–Crippen LogP) is 1.41. The molecule has 0 fully saturated rings. The fourth-order valence-corrected chi connectivity index (χ4v) is 2.04. The van der Waals surface area contributed by atoms with Gasteiger partial charge in [0.2, 0.25) is 5.91 Å². The van der Waals surface area contributed by atoms with Crippen LogP contribution >= 0.6 is 11.3 Å². The first-order valence-corrected chi connectivity index (χ1v) is 6.10. The van der Waals surface area contributed by atoms with E-state index in [1.807, 2.05) is 0 Å². The SMILES string of the molecule is NC(=O)CCc1csc(NC(=O)c2ccco2)n1. The Morgan fingerprint density at radius 3 is 3.00 bits per heavy atom. The van der Waals surface area contributed by atoms with Crippen LogP contribution in [0.1, 0.15) is 22.7 Å². The van der Waals surface area contributed by atoms with E-state index in [0.717, 1.165) is 5.69 Å². The quantitative estimate of drug-likeness (QED) is 0.853. The summed E-state index contributed by atoms with van der Waals surface area (Å²) >= 11 is 1.29. The third-order valence-corrected chi connectivity index (χ3v) is 2.95. The summed E-state index contributed by atoms with van der Waals surface area (Å²) in [5, 5.41) is 4.86. The summed E-state index contributed by atoms with van der Waals surface area (Å²) in [7, 11) is 0. The first kappa shape index (κ1) is 12.3. The van der Waals surface area contributed by atoms with Crippen molar-refractivity contribution >= 4 is 28.3 Å². The molecule has 2 heterocycles. The molecule has 0 aromatic carbocycles. The molecule has 0 radical (unpaired) electrons. The maximum Gasteiger partial charge on any atom is 0.293 e. The molecule has 3 N–H and O–H groups in total. The van der Waals surface area contributed by atoms with E-state index in [2.05, 4.69) is 10.3 Å². The van der Waals surface area contributed by atoms with Crippen LogP contribution in [0.2, 0.25) is 0 Å². The maximum atomic E-state index is 11.6. The molecule has 0 aliphatic rings. The third-order valence-electron chi connectivity index (χ3n) is 2.14. The minimum absolute atomic E-state index is 0.226. The van der Waals surface area contributed by atoms with Crippen molar-refractivity contribution in [2.24, 2.45) is 5.73 Å². The van der Waals surface area contributed by atoms with Crippen LogP contribution in [0.5, 0.6) is 0 Å². The van der Waals surface area contributed by atoms with Crippen LogP contribution in [0.15, 0.2) is 28.2 Å². The van der Waals surface area contributed by atoms with Gasteiger partial charge in [0.15, 0.2) is 10.9 Å². The van der Waals surface area contributed by atoms with Gasteiger partial charge in [0, 0.05) is 11.8 Å². The second-order valence-electron chi connectivity index (χ2n) is 3.54. The number of anilines is 1. The number of amides is 2. The standard InChI is InChI=1S/C11H11N3O3S/c12-9(15)4-3-7-6-18-11(13-7)14-10(16)8-2-1-5-17-8/h1-2,5-6H,3-4H2,(H2,12,15)(H,13,14,16). The molecule has 0 spiro atoms. The minimum Gasteiger partial charge on any atom is -0.459 e. The zero-order valence-corrected chi connectivity index (χ0v) is 10.2. The number of nitrogens with two attached hydrogens (primary N) is 1. The largest absolute Gasteiger partial charge is 0.459 e. The lowest BCUT2D eigenvalue weighted by atomic mass is 10.2. The monoisotopic (exact) mass is 265 g/mol. The van der Waals surface area contributed by atoms with Crippen LogP contribution in [0.4, 0.5) is 5.13 Å². The normalized spacial score (nSPS) is 10.2. The molecule has 0 unspecified atom stereocenters. The van der Waals surface area contributed by atoms with Gasteiger partial charge in [0.1, 0.15) is 0 Å². The van der Waals surface area contributed by atoms with Crippen LogP contribution in [0.3, 0.4) is 0 Å². The lowest BCUT2D eigenvalue weighted by molar-refractivity contribution is -0.118. The molecular weight excluding hydrogens is 254 g/mol. The fraction of sp³-hybridized carbons (Fsp3) is 0.182. The number of nitrogens with one attached hydrogen (secondary N) is 1. The summed E-state index contributed by atoms with van der Waals surface area (Å²) in [6.07, 6.45) is 2.15. The molecule has 0 aliphatic heterocycles. The molecule has 0 bridgehead atoms. The summed E-state index contributed by atoms with van der Waals surface area (Å²) in [5.41, 5.74) is 5.78. The number of aryl methyl sites for hydroxylation is 1. The van der Waals surface area contributed by atoms with Crippen molar-refractivity contribution in [2.75, 3.05) is 5.32 Å². The predicted molar refractivity (Wildman–Crippen MR) is 66.3 cm³/mol. The van der Waals surface area contributed by atoms with Crippen LogP contribution < -0.4 is 11.1 Å². The van der Waals surface area contributed by atoms with Crippen LogP contribution in [-0.4, -0.2) is 16.8 Å². The van der Waals surface area contributed by atoms with Gasteiger partial charge in [-0.25, -0.2) is 4.98 Å². The van der Waals surface area contributed by atoms with E-state index in [4.69, 9.17) is 10.2 Å². The average molecular weight is 265 g/mol. The highest BCUT2D eigenvalue weighted by Crippen LogP contribution is 2.17. The van der Waals surface area contributed by atoms with E-state index in [-0.39, 0.29) is 24.0 Å². The van der Waals surface area contributed by atoms with Crippen molar-refractivity contribution < 1.29 is 14.0 Å². The summed E-state index contributed by atoms with van der Waals surface area (Å²) in [6.45, 7) is 0. The van der Waals surface area contributed by atoms with Gasteiger partial charge in [0.25, 0.3) is 5.91 Å². The molecule has 2 amide bonds. The Hall–Kier alpha value is -2.15. The zero-order valence-electron chi connectivity index (χ0n) is 9.38.